The van der Waals surface area contributed by atoms with E-state index in [1.807, 2.05) is 0 Å². The molecule has 0 amide bonds. The maximum atomic E-state index is 12.6. The Morgan fingerprint density at radius 2 is 0.667 bits per heavy atom. The van der Waals surface area contributed by atoms with Crippen LogP contribution in [0.15, 0.2) is 24.3 Å². The maximum absolute atomic E-state index is 12.6. The predicted molar refractivity (Wildman–Crippen MR) is 100 cm³/mol. The molecule has 0 spiro atoms. The van der Waals surface area contributed by atoms with Gasteiger partial charge >= 0.3 is 205 Å². The van der Waals surface area contributed by atoms with Crippen molar-refractivity contribution < 1.29 is 84.1 Å². The molecular formula is C14H4F12I2O8. The minimum absolute atomic E-state index is 0.376. The molecule has 0 saturated heterocycles. The van der Waals surface area contributed by atoms with Crippen LogP contribution in [0.25, 0.3) is 0 Å². The Morgan fingerprint density at radius 3 is 0.833 bits per heavy atom. The monoisotopic (exact) mass is 782 g/mol. The van der Waals surface area contributed by atoms with Gasteiger partial charge in [-0.15, -0.1) is 0 Å². The van der Waals surface area contributed by atoms with Gasteiger partial charge in [0.05, 0.1) is 0 Å². The van der Waals surface area contributed by atoms with E-state index in [0.29, 0.717) is 24.3 Å². The van der Waals surface area contributed by atoms with Gasteiger partial charge in [-0.1, -0.05) is 0 Å². The first kappa shape index (κ1) is 31.7. The van der Waals surface area contributed by atoms with E-state index in [-0.39, 0.29) is 0 Å². The van der Waals surface area contributed by atoms with Crippen LogP contribution in [0.3, 0.4) is 0 Å². The molecule has 206 valence electrons. The summed E-state index contributed by atoms with van der Waals surface area (Å²) in [5.74, 6) is -13.0. The summed E-state index contributed by atoms with van der Waals surface area (Å²) in [7, 11) is 0. The zero-order valence-corrected chi connectivity index (χ0v) is 20.2. The standard InChI is InChI=1S/C14H4F12I2O8/c15-11(16,17)7(29)33-27(34-8(30)12(18,19)20)5-3-1-2-4-6(5)28(35-9(31)13(21,22)23)36-10(32)14(24,25)26/h1-4H. The van der Waals surface area contributed by atoms with Crippen LogP contribution < -0.4 is 0 Å². The first-order chi connectivity index (χ1) is 16.0. The summed E-state index contributed by atoms with van der Waals surface area (Å²) in [5, 5.41) is 0. The number of carbonyl (C=O) groups is 4. The van der Waals surface area contributed by atoms with E-state index in [9.17, 15) is 71.9 Å². The fourth-order valence-electron chi connectivity index (χ4n) is 1.32. The van der Waals surface area contributed by atoms with Crippen LogP contribution in [0.4, 0.5) is 52.7 Å². The van der Waals surface area contributed by atoms with Gasteiger partial charge in [-0.3, -0.25) is 0 Å². The molecule has 22 heteroatoms. The summed E-state index contributed by atoms with van der Waals surface area (Å²) < 4.78 is 163. The summed E-state index contributed by atoms with van der Waals surface area (Å²) in [6, 6.07) is 2.16. The van der Waals surface area contributed by atoms with Gasteiger partial charge in [0.2, 0.25) is 0 Å². The Kier molecular flexibility index (Phi) is 10.1. The summed E-state index contributed by atoms with van der Waals surface area (Å²) in [5.41, 5.74) is 0. The van der Waals surface area contributed by atoms with Gasteiger partial charge in [-0.25, -0.2) is 0 Å². The third-order valence-corrected chi connectivity index (χ3v) is 10.7. The van der Waals surface area contributed by atoms with E-state index < -0.39 is 97.0 Å². The van der Waals surface area contributed by atoms with Crippen LogP contribution in [-0.2, 0) is 31.4 Å². The van der Waals surface area contributed by atoms with Crippen molar-refractivity contribution in [2.24, 2.45) is 0 Å². The van der Waals surface area contributed by atoms with Crippen LogP contribution in [0.5, 0.6) is 0 Å². The number of alkyl halides is 12. The summed E-state index contributed by atoms with van der Waals surface area (Å²) in [4.78, 5) is 44.6. The molecule has 8 nitrogen and oxygen atoms in total. The molecule has 0 aliphatic rings. The average molecular weight is 782 g/mol. The van der Waals surface area contributed by atoms with E-state index in [2.05, 4.69) is 12.3 Å². The Hall–Kier alpha value is -2.28. The summed E-state index contributed by atoms with van der Waals surface area (Å²) >= 11 is -10.9. The van der Waals surface area contributed by atoms with Crippen molar-refractivity contribution in [3.63, 3.8) is 0 Å². The number of halogens is 14. The zero-order valence-electron chi connectivity index (χ0n) is 15.9. The second kappa shape index (κ2) is 11.4. The van der Waals surface area contributed by atoms with Crippen LogP contribution in [0.2, 0.25) is 0 Å². The van der Waals surface area contributed by atoms with Gasteiger partial charge in [0.1, 0.15) is 0 Å². The molecule has 1 rings (SSSR count). The summed E-state index contributed by atoms with van der Waals surface area (Å²) in [6.45, 7) is 0. The van der Waals surface area contributed by atoms with Crippen molar-refractivity contribution in [1.82, 2.24) is 0 Å². The molecule has 0 bridgehead atoms. The Labute approximate surface area is 205 Å². The average Bonchev–Trinajstić information content (AvgIpc) is 2.69. The van der Waals surface area contributed by atoms with Gasteiger partial charge in [0.25, 0.3) is 0 Å². The molecule has 0 aliphatic carbocycles. The normalized spacial score (nSPS) is 13.3. The first-order valence-electron chi connectivity index (χ1n) is 7.72. The van der Waals surface area contributed by atoms with E-state index in [1.54, 1.807) is 0 Å². The number of benzene rings is 1. The fraction of sp³-hybridized carbons (Fsp3) is 0.286. The van der Waals surface area contributed by atoms with Gasteiger partial charge in [0, 0.05) is 0 Å². The Morgan fingerprint density at radius 1 is 0.472 bits per heavy atom. The summed E-state index contributed by atoms with van der Waals surface area (Å²) in [6.07, 6.45) is -23.7. The third kappa shape index (κ3) is 9.30. The number of rotatable bonds is 6. The van der Waals surface area contributed by atoms with Crippen molar-refractivity contribution >= 4 is 65.2 Å². The van der Waals surface area contributed by atoms with Crippen molar-refractivity contribution in [2.75, 3.05) is 0 Å². The van der Waals surface area contributed by atoms with Crippen LogP contribution in [0.1, 0.15) is 0 Å². The van der Waals surface area contributed by atoms with Crippen LogP contribution in [0, 0.1) is 7.14 Å². The third-order valence-electron chi connectivity index (χ3n) is 2.64. The molecule has 0 aromatic heterocycles. The molecule has 0 atom stereocenters. The van der Waals surface area contributed by atoms with E-state index >= 15 is 0 Å². The van der Waals surface area contributed by atoms with Gasteiger partial charge in [-0.2, -0.15) is 0 Å². The van der Waals surface area contributed by atoms with E-state index in [4.69, 9.17) is 0 Å². The van der Waals surface area contributed by atoms with Crippen LogP contribution in [-0.4, -0.2) is 48.6 Å². The fourth-order valence-corrected chi connectivity index (χ4v) is 9.33. The SMILES string of the molecule is O=C(OI(OC(=O)C(F)(F)F)c1ccccc1I(OC(=O)C(F)(F)F)OC(=O)C(F)(F)F)C(F)(F)F. The topological polar surface area (TPSA) is 105 Å². The minimum atomic E-state index is -5.92. The molecule has 1 aromatic rings. The zero-order chi connectivity index (χ0) is 28.3. The Balaban J connectivity index is 3.66. The molecule has 0 unspecified atom stereocenters. The van der Waals surface area contributed by atoms with Gasteiger partial charge in [-0.05, 0) is 0 Å². The second-order valence-electron chi connectivity index (χ2n) is 5.30. The predicted octanol–water partition coefficient (Wildman–Crippen LogP) is 5.12. The molecule has 0 aliphatic heterocycles. The quantitative estimate of drug-likeness (QED) is 0.290. The molecule has 0 N–H and O–H groups in total. The Bertz CT molecular complexity index is 866. The first-order valence-corrected chi connectivity index (χ1v) is 13.4. The molecular weight excluding hydrogens is 778 g/mol. The van der Waals surface area contributed by atoms with Crippen molar-refractivity contribution in [3.8, 4) is 0 Å². The van der Waals surface area contributed by atoms with E-state index in [1.165, 1.54) is 0 Å². The van der Waals surface area contributed by atoms with Crippen molar-refractivity contribution in [1.29, 1.82) is 0 Å². The number of carbonyl (C=O) groups excluding carboxylic acids is 4. The van der Waals surface area contributed by atoms with E-state index in [0.717, 1.165) is 0 Å². The molecule has 0 fully saturated rings. The molecule has 0 radical (unpaired) electrons. The van der Waals surface area contributed by atoms with Gasteiger partial charge in [0.15, 0.2) is 0 Å². The van der Waals surface area contributed by atoms with Gasteiger partial charge < -0.3 is 0 Å². The molecule has 1 aromatic carbocycles. The number of hydrogen-bond acceptors (Lipinski definition) is 8. The second-order valence-corrected chi connectivity index (χ2v) is 11.9. The van der Waals surface area contributed by atoms with Crippen molar-refractivity contribution in [2.45, 2.75) is 24.7 Å². The molecule has 36 heavy (non-hydrogen) atoms. The van der Waals surface area contributed by atoms with Crippen molar-refractivity contribution in [3.05, 3.63) is 31.4 Å². The molecule has 0 saturated carbocycles. The van der Waals surface area contributed by atoms with Crippen LogP contribution >= 0.6 is 41.3 Å². The molecule has 0 heterocycles. The number of hydrogen-bond donors (Lipinski definition) is 0.